The molecule has 1 saturated carbocycles. The Morgan fingerprint density at radius 2 is 1.66 bits per heavy atom. The van der Waals surface area contributed by atoms with Crippen molar-refractivity contribution in [1.82, 2.24) is 24.9 Å². The maximum atomic E-state index is 13.8. The molecule has 2 fully saturated rings. The van der Waals surface area contributed by atoms with Gasteiger partial charge in [-0.2, -0.15) is 5.10 Å². The number of hydrogen-bond donors (Lipinski definition) is 3. The monoisotopic (exact) mass is 525 g/mol. The number of amides is 4. The lowest BCUT2D eigenvalue weighted by molar-refractivity contribution is -0.128. The van der Waals surface area contributed by atoms with Gasteiger partial charge in [0.05, 0.1) is 12.8 Å². The maximum Gasteiger partial charge on any atom is 0.323 e. The SMILES string of the molecule is COc1ccc(NC(=O)N2CCN(C(=O)c3cc(C(C)(C)C)nn3C)C2C(=O)NC2CCC(N)CC2)cc1. The van der Waals surface area contributed by atoms with Crippen LogP contribution in [0.4, 0.5) is 10.5 Å². The molecule has 11 heteroatoms. The quantitative estimate of drug-likeness (QED) is 0.549. The zero-order chi connectivity index (χ0) is 27.6. The summed E-state index contributed by atoms with van der Waals surface area (Å²) in [5.41, 5.74) is 7.49. The van der Waals surface area contributed by atoms with E-state index in [1.54, 1.807) is 49.2 Å². The van der Waals surface area contributed by atoms with E-state index in [9.17, 15) is 14.4 Å². The van der Waals surface area contributed by atoms with Crippen molar-refractivity contribution < 1.29 is 19.1 Å². The predicted molar refractivity (Wildman–Crippen MR) is 144 cm³/mol. The molecule has 0 radical (unpaired) electrons. The molecule has 1 saturated heterocycles. The lowest BCUT2D eigenvalue weighted by Gasteiger charge is -2.32. The molecule has 0 bridgehead atoms. The van der Waals surface area contributed by atoms with Gasteiger partial charge in [-0.3, -0.25) is 19.2 Å². The highest BCUT2D eigenvalue weighted by atomic mass is 16.5. The second kappa shape index (κ2) is 11.0. The third-order valence-corrected chi connectivity index (χ3v) is 7.26. The van der Waals surface area contributed by atoms with Gasteiger partial charge in [-0.25, -0.2) is 4.79 Å². The van der Waals surface area contributed by atoms with Crippen molar-refractivity contribution in [1.29, 1.82) is 0 Å². The third kappa shape index (κ3) is 5.93. The number of aryl methyl sites for hydroxylation is 1. The first-order valence-electron chi connectivity index (χ1n) is 13.1. The number of benzene rings is 1. The van der Waals surface area contributed by atoms with Crippen molar-refractivity contribution in [2.24, 2.45) is 12.8 Å². The molecule has 1 aliphatic heterocycles. The van der Waals surface area contributed by atoms with Gasteiger partial charge < -0.3 is 26.0 Å². The highest BCUT2D eigenvalue weighted by molar-refractivity contribution is 6.00. The summed E-state index contributed by atoms with van der Waals surface area (Å²) < 4.78 is 6.72. The number of aromatic nitrogens is 2. The fraction of sp³-hybridized carbons (Fsp3) is 0.556. The summed E-state index contributed by atoms with van der Waals surface area (Å²) in [6, 6.07) is 8.32. The number of hydrogen-bond acceptors (Lipinski definition) is 6. The molecule has 1 aromatic heterocycles. The number of ether oxygens (including phenoxy) is 1. The van der Waals surface area contributed by atoms with Crippen LogP contribution >= 0.6 is 0 Å². The standard InChI is InChI=1S/C27H39N7O4/c1-27(2,3)22-16-21(32(4)31-22)25(36)33-14-15-34(26(37)30-19-10-12-20(38-5)13-11-19)24(33)23(35)29-18-8-6-17(28)7-9-18/h10-13,16-18,24H,6-9,14-15,28H2,1-5H3,(H,29,35)(H,30,37). The minimum atomic E-state index is -1.09. The van der Waals surface area contributed by atoms with Crippen LogP contribution in [0.2, 0.25) is 0 Å². The molecule has 0 spiro atoms. The van der Waals surface area contributed by atoms with Crippen LogP contribution in [0, 0.1) is 0 Å². The van der Waals surface area contributed by atoms with Gasteiger partial charge >= 0.3 is 6.03 Å². The minimum absolute atomic E-state index is 0.0458. The molecule has 4 rings (SSSR count). The summed E-state index contributed by atoms with van der Waals surface area (Å²) in [6.45, 7) is 6.51. The van der Waals surface area contributed by atoms with E-state index in [1.807, 2.05) is 20.8 Å². The Labute approximate surface area is 223 Å². The number of carbonyl (C=O) groups excluding carboxylic acids is 3. The molecule has 11 nitrogen and oxygen atoms in total. The van der Waals surface area contributed by atoms with Gasteiger partial charge in [-0.15, -0.1) is 0 Å². The van der Waals surface area contributed by atoms with Gasteiger partial charge in [0.25, 0.3) is 11.8 Å². The number of rotatable bonds is 5. The summed E-state index contributed by atoms with van der Waals surface area (Å²) in [6.07, 6.45) is 2.09. The zero-order valence-electron chi connectivity index (χ0n) is 22.9. The van der Waals surface area contributed by atoms with E-state index in [2.05, 4.69) is 15.7 Å². The summed E-state index contributed by atoms with van der Waals surface area (Å²) in [5.74, 6) is -0.0586. The van der Waals surface area contributed by atoms with Crippen LogP contribution in [-0.2, 0) is 17.3 Å². The smallest absolute Gasteiger partial charge is 0.323 e. The Hall–Kier alpha value is -3.60. The third-order valence-electron chi connectivity index (χ3n) is 7.26. The number of urea groups is 1. The van der Waals surface area contributed by atoms with Crippen LogP contribution in [0.25, 0.3) is 0 Å². The molecule has 2 aromatic rings. The van der Waals surface area contributed by atoms with Crippen LogP contribution < -0.4 is 21.1 Å². The van der Waals surface area contributed by atoms with Gasteiger partial charge in [0.1, 0.15) is 11.4 Å². The van der Waals surface area contributed by atoms with Crippen LogP contribution in [0.5, 0.6) is 5.75 Å². The van der Waals surface area contributed by atoms with Crippen molar-refractivity contribution in [3.63, 3.8) is 0 Å². The molecule has 2 heterocycles. The number of carbonyl (C=O) groups is 3. The van der Waals surface area contributed by atoms with Crippen molar-refractivity contribution >= 4 is 23.5 Å². The molecule has 1 atom stereocenters. The van der Waals surface area contributed by atoms with E-state index in [0.717, 1.165) is 31.4 Å². The van der Waals surface area contributed by atoms with E-state index < -0.39 is 12.2 Å². The molecule has 4 amide bonds. The first-order chi connectivity index (χ1) is 18.0. The fourth-order valence-electron chi connectivity index (χ4n) is 4.93. The van der Waals surface area contributed by atoms with Crippen molar-refractivity contribution in [2.75, 3.05) is 25.5 Å². The lowest BCUT2D eigenvalue weighted by Crippen LogP contribution is -2.56. The molecule has 1 aliphatic carbocycles. The number of nitrogens with two attached hydrogens (primary N) is 1. The summed E-state index contributed by atoms with van der Waals surface area (Å²) in [7, 11) is 3.28. The molecule has 1 unspecified atom stereocenters. The van der Waals surface area contributed by atoms with E-state index in [0.29, 0.717) is 17.1 Å². The van der Waals surface area contributed by atoms with E-state index in [-0.39, 0.29) is 42.4 Å². The van der Waals surface area contributed by atoms with Crippen molar-refractivity contribution in [2.45, 2.75) is 70.1 Å². The Bertz CT molecular complexity index is 1160. The summed E-state index contributed by atoms with van der Waals surface area (Å²) in [4.78, 5) is 43.6. The average Bonchev–Trinajstić information content (AvgIpc) is 3.50. The van der Waals surface area contributed by atoms with Crippen LogP contribution in [-0.4, -0.2) is 75.9 Å². The molecular weight excluding hydrogens is 486 g/mol. The Morgan fingerprint density at radius 1 is 1.03 bits per heavy atom. The molecular formula is C27H39N7O4. The summed E-state index contributed by atoms with van der Waals surface area (Å²) >= 11 is 0. The normalized spacial score (nSPS) is 21.8. The average molecular weight is 526 g/mol. The Kier molecular flexibility index (Phi) is 7.96. The second-order valence-electron chi connectivity index (χ2n) is 11.1. The fourth-order valence-corrected chi connectivity index (χ4v) is 4.93. The summed E-state index contributed by atoms with van der Waals surface area (Å²) in [5, 5.41) is 10.4. The molecule has 206 valence electrons. The number of anilines is 1. The number of nitrogens with one attached hydrogen (secondary N) is 2. The Balaban J connectivity index is 1.58. The van der Waals surface area contributed by atoms with Gasteiger partial charge in [0.15, 0.2) is 6.17 Å². The Morgan fingerprint density at radius 3 is 2.24 bits per heavy atom. The van der Waals surface area contributed by atoms with Crippen LogP contribution in [0.1, 0.15) is 62.6 Å². The largest absolute Gasteiger partial charge is 0.497 e. The predicted octanol–water partition coefficient (Wildman–Crippen LogP) is 2.43. The molecule has 1 aromatic carbocycles. The molecule has 4 N–H and O–H groups in total. The lowest BCUT2D eigenvalue weighted by atomic mass is 9.92. The maximum absolute atomic E-state index is 13.8. The second-order valence-corrected chi connectivity index (χ2v) is 11.1. The van der Waals surface area contributed by atoms with Gasteiger partial charge in [0, 0.05) is 43.3 Å². The molecule has 2 aliphatic rings. The topological polar surface area (TPSA) is 135 Å². The van der Waals surface area contributed by atoms with Gasteiger partial charge in [-0.05, 0) is 56.0 Å². The highest BCUT2D eigenvalue weighted by Crippen LogP contribution is 2.26. The van der Waals surface area contributed by atoms with Crippen LogP contribution in [0.3, 0.4) is 0 Å². The van der Waals surface area contributed by atoms with E-state index in [4.69, 9.17) is 10.5 Å². The van der Waals surface area contributed by atoms with Crippen molar-refractivity contribution in [3.8, 4) is 5.75 Å². The first kappa shape index (κ1) is 27.4. The van der Waals surface area contributed by atoms with Gasteiger partial charge in [0.2, 0.25) is 0 Å². The number of nitrogens with zero attached hydrogens (tertiary/aromatic N) is 4. The van der Waals surface area contributed by atoms with E-state index in [1.165, 1.54) is 9.80 Å². The van der Waals surface area contributed by atoms with Crippen molar-refractivity contribution in [3.05, 3.63) is 41.7 Å². The van der Waals surface area contributed by atoms with Crippen LogP contribution in [0.15, 0.2) is 30.3 Å². The van der Waals surface area contributed by atoms with Gasteiger partial charge in [-0.1, -0.05) is 20.8 Å². The highest BCUT2D eigenvalue weighted by Gasteiger charge is 2.44. The molecule has 38 heavy (non-hydrogen) atoms. The van der Waals surface area contributed by atoms with E-state index >= 15 is 0 Å². The number of methoxy groups -OCH3 is 1. The zero-order valence-corrected chi connectivity index (χ0v) is 22.9. The minimum Gasteiger partial charge on any atom is -0.497 e. The first-order valence-corrected chi connectivity index (χ1v) is 13.1.